The molecule has 0 heterocycles. The van der Waals surface area contributed by atoms with E-state index in [-0.39, 0.29) is 25.2 Å². The van der Waals surface area contributed by atoms with E-state index in [2.05, 4.69) is 130 Å². The van der Waals surface area contributed by atoms with E-state index in [0.717, 1.165) is 109 Å². The van der Waals surface area contributed by atoms with Crippen LogP contribution in [0, 0.1) is 0 Å². The Bertz CT molecular complexity index is 1340. The first-order valence-corrected chi connectivity index (χ1v) is 28.4. The molecule has 0 aliphatic heterocycles. The number of rotatable bonds is 51. The van der Waals surface area contributed by atoms with E-state index in [0.29, 0.717) is 19.4 Å². The van der Waals surface area contributed by atoms with Crippen molar-refractivity contribution in [3.8, 4) is 0 Å². The molecule has 0 rings (SSSR count). The Labute approximate surface area is 421 Å². The molecule has 0 N–H and O–H groups in total. The number of carbonyl (C=O) groups excluding carboxylic acids is 2. The second-order valence-corrected chi connectivity index (χ2v) is 18.4. The molecule has 5 heteroatoms. The van der Waals surface area contributed by atoms with Crippen molar-refractivity contribution in [1.82, 2.24) is 0 Å². The van der Waals surface area contributed by atoms with Crippen molar-refractivity contribution < 1.29 is 23.8 Å². The average molecular weight is 944 g/mol. The number of allylic oxidation sites excluding steroid dienone is 18. The lowest BCUT2D eigenvalue weighted by molar-refractivity contribution is -0.163. The molecule has 0 spiro atoms. The van der Waals surface area contributed by atoms with Crippen LogP contribution in [0.5, 0.6) is 0 Å². The summed E-state index contributed by atoms with van der Waals surface area (Å²) >= 11 is 0. The third-order valence-electron chi connectivity index (χ3n) is 11.8. The van der Waals surface area contributed by atoms with E-state index in [1.807, 2.05) is 0 Å². The van der Waals surface area contributed by atoms with Gasteiger partial charge in [0.1, 0.15) is 6.61 Å². The maximum atomic E-state index is 12.9. The summed E-state index contributed by atoms with van der Waals surface area (Å²) in [5, 5.41) is 0. The van der Waals surface area contributed by atoms with Crippen LogP contribution >= 0.6 is 0 Å². The standard InChI is InChI=1S/C63H106O5/c1-4-7-10-13-16-19-22-25-28-30-32-34-36-38-41-44-47-50-53-56-62(64)67-60-61(59-66-58-55-52-49-46-43-40-27-24-21-18-15-12-9-6-3)68-63(65)57-54-51-48-45-42-39-37-35-33-31-29-26-23-20-17-14-11-8-5-2/h7,10,16-17,19-21,24-26,28-29,32-35,38,41,61H,4-6,8-9,11-15,18,22-23,27,30-31,36-37,39-40,42-60H2,1-3H3/b10-7-,19-16-,20-17-,24-21-,28-25-,29-26-,34-32-,35-33-,41-38-. The zero-order valence-electron chi connectivity index (χ0n) is 44.6. The number of unbranched alkanes of at least 4 members (excludes halogenated alkanes) is 22. The lowest BCUT2D eigenvalue weighted by atomic mass is 10.1. The van der Waals surface area contributed by atoms with Gasteiger partial charge in [-0.2, -0.15) is 0 Å². The van der Waals surface area contributed by atoms with Crippen LogP contribution in [0.2, 0.25) is 0 Å². The van der Waals surface area contributed by atoms with Gasteiger partial charge in [-0.3, -0.25) is 9.59 Å². The molecule has 1 atom stereocenters. The Hall–Kier alpha value is -3.44. The zero-order valence-corrected chi connectivity index (χ0v) is 44.6. The molecule has 0 aromatic carbocycles. The third kappa shape index (κ3) is 55.2. The first kappa shape index (κ1) is 64.6. The van der Waals surface area contributed by atoms with Crippen LogP contribution in [0.25, 0.3) is 0 Å². The zero-order chi connectivity index (χ0) is 49.2. The minimum Gasteiger partial charge on any atom is -0.462 e. The normalized spacial score (nSPS) is 13.0. The Morgan fingerprint density at radius 3 is 1.12 bits per heavy atom. The Balaban J connectivity index is 4.38. The van der Waals surface area contributed by atoms with Crippen molar-refractivity contribution in [3.63, 3.8) is 0 Å². The fourth-order valence-electron chi connectivity index (χ4n) is 7.54. The van der Waals surface area contributed by atoms with Crippen molar-refractivity contribution in [2.75, 3.05) is 19.8 Å². The van der Waals surface area contributed by atoms with E-state index < -0.39 is 6.10 Å². The van der Waals surface area contributed by atoms with Crippen molar-refractivity contribution >= 4 is 11.9 Å². The number of esters is 2. The maximum absolute atomic E-state index is 12.9. The summed E-state index contributed by atoms with van der Waals surface area (Å²) in [5.41, 5.74) is 0. The first-order valence-electron chi connectivity index (χ1n) is 28.4. The van der Waals surface area contributed by atoms with Gasteiger partial charge in [-0.15, -0.1) is 0 Å². The maximum Gasteiger partial charge on any atom is 0.306 e. The molecular weight excluding hydrogens is 837 g/mol. The van der Waals surface area contributed by atoms with Gasteiger partial charge in [-0.1, -0.05) is 220 Å². The molecule has 0 amide bonds. The van der Waals surface area contributed by atoms with Crippen molar-refractivity contribution in [1.29, 1.82) is 0 Å². The molecule has 5 nitrogen and oxygen atoms in total. The van der Waals surface area contributed by atoms with Crippen LogP contribution in [0.3, 0.4) is 0 Å². The molecule has 0 aromatic rings. The summed E-state index contributed by atoms with van der Waals surface area (Å²) in [4.78, 5) is 25.5. The highest BCUT2D eigenvalue weighted by atomic mass is 16.6. The molecule has 0 radical (unpaired) electrons. The van der Waals surface area contributed by atoms with Gasteiger partial charge in [0.15, 0.2) is 6.10 Å². The minimum atomic E-state index is -0.567. The van der Waals surface area contributed by atoms with Crippen LogP contribution < -0.4 is 0 Å². The van der Waals surface area contributed by atoms with Gasteiger partial charge in [0, 0.05) is 19.4 Å². The van der Waals surface area contributed by atoms with Gasteiger partial charge in [0.05, 0.1) is 6.61 Å². The fourth-order valence-corrected chi connectivity index (χ4v) is 7.54. The van der Waals surface area contributed by atoms with Crippen LogP contribution in [-0.2, 0) is 23.8 Å². The van der Waals surface area contributed by atoms with Crippen LogP contribution in [0.4, 0.5) is 0 Å². The molecule has 0 fully saturated rings. The van der Waals surface area contributed by atoms with Gasteiger partial charge >= 0.3 is 11.9 Å². The highest BCUT2D eigenvalue weighted by Crippen LogP contribution is 2.13. The molecule has 0 bridgehead atoms. The quantitative estimate of drug-likeness (QED) is 0.0345. The number of hydrogen-bond donors (Lipinski definition) is 0. The van der Waals surface area contributed by atoms with E-state index >= 15 is 0 Å². The Morgan fingerprint density at radius 1 is 0.338 bits per heavy atom. The summed E-state index contributed by atoms with van der Waals surface area (Å²) in [6.45, 7) is 7.62. The lowest BCUT2D eigenvalue weighted by Gasteiger charge is -2.18. The van der Waals surface area contributed by atoms with Crippen LogP contribution in [-0.4, -0.2) is 37.9 Å². The highest BCUT2D eigenvalue weighted by molar-refractivity contribution is 5.70. The molecule has 0 aliphatic rings. The molecule has 0 saturated carbocycles. The third-order valence-corrected chi connectivity index (χ3v) is 11.8. The average Bonchev–Trinajstić information content (AvgIpc) is 3.34. The van der Waals surface area contributed by atoms with E-state index in [9.17, 15) is 9.59 Å². The largest absolute Gasteiger partial charge is 0.462 e. The fraction of sp³-hybridized carbons (Fsp3) is 0.683. The molecule has 0 saturated heterocycles. The molecule has 1 unspecified atom stereocenters. The number of hydrogen-bond acceptors (Lipinski definition) is 5. The summed E-state index contributed by atoms with van der Waals surface area (Å²) < 4.78 is 17.4. The van der Waals surface area contributed by atoms with Crippen LogP contribution in [0.15, 0.2) is 109 Å². The molecular formula is C63H106O5. The summed E-state index contributed by atoms with van der Waals surface area (Å²) in [6, 6.07) is 0. The summed E-state index contributed by atoms with van der Waals surface area (Å²) in [5.74, 6) is -0.453. The van der Waals surface area contributed by atoms with Gasteiger partial charge < -0.3 is 14.2 Å². The molecule has 0 aliphatic carbocycles. The summed E-state index contributed by atoms with van der Waals surface area (Å²) in [6.07, 6.45) is 79.6. The molecule has 0 aromatic heterocycles. The second-order valence-electron chi connectivity index (χ2n) is 18.4. The predicted molar refractivity (Wildman–Crippen MR) is 297 cm³/mol. The summed E-state index contributed by atoms with van der Waals surface area (Å²) in [7, 11) is 0. The van der Waals surface area contributed by atoms with E-state index in [4.69, 9.17) is 14.2 Å². The minimum absolute atomic E-state index is 0.0546. The van der Waals surface area contributed by atoms with E-state index in [1.165, 1.54) is 109 Å². The topological polar surface area (TPSA) is 61.8 Å². The second kappa shape index (κ2) is 57.9. The van der Waals surface area contributed by atoms with Gasteiger partial charge in [0.25, 0.3) is 0 Å². The molecule has 388 valence electrons. The van der Waals surface area contributed by atoms with E-state index in [1.54, 1.807) is 0 Å². The number of ether oxygens (including phenoxy) is 3. The van der Waals surface area contributed by atoms with Gasteiger partial charge in [-0.05, 0) is 128 Å². The smallest absolute Gasteiger partial charge is 0.306 e. The molecule has 68 heavy (non-hydrogen) atoms. The van der Waals surface area contributed by atoms with Crippen molar-refractivity contribution in [2.24, 2.45) is 0 Å². The Morgan fingerprint density at radius 2 is 0.662 bits per heavy atom. The predicted octanol–water partition coefficient (Wildman–Crippen LogP) is 19.6. The van der Waals surface area contributed by atoms with Gasteiger partial charge in [0.2, 0.25) is 0 Å². The Kier molecular flexibility index (Phi) is 54.9. The first-order chi connectivity index (χ1) is 33.6. The SMILES string of the molecule is CC/C=C\C/C=C\C/C=C\C/C=C\C/C=C\CCCCCC(=O)OCC(COCCCCCCCC/C=C\CCCCCC)OC(=O)CCCCCCCC/C=C\C/C=C\C/C=C\CCCCC. The van der Waals surface area contributed by atoms with Gasteiger partial charge in [-0.25, -0.2) is 0 Å². The van der Waals surface area contributed by atoms with Crippen molar-refractivity contribution in [2.45, 2.75) is 258 Å². The number of carbonyl (C=O) groups is 2. The highest BCUT2D eigenvalue weighted by Gasteiger charge is 2.17. The van der Waals surface area contributed by atoms with Crippen molar-refractivity contribution in [3.05, 3.63) is 109 Å². The monoisotopic (exact) mass is 943 g/mol. The lowest BCUT2D eigenvalue weighted by Crippen LogP contribution is -2.30. The van der Waals surface area contributed by atoms with Crippen LogP contribution in [0.1, 0.15) is 252 Å².